The lowest BCUT2D eigenvalue weighted by Crippen LogP contribution is -2.24. The topological polar surface area (TPSA) is 98.0 Å². The van der Waals surface area contributed by atoms with Gasteiger partial charge in [0.25, 0.3) is 0 Å². The van der Waals surface area contributed by atoms with Gasteiger partial charge in [0.1, 0.15) is 11.6 Å². The lowest BCUT2D eigenvalue weighted by molar-refractivity contribution is -0.128. The number of carbonyl (C=O) groups is 1. The predicted molar refractivity (Wildman–Crippen MR) is 118 cm³/mol. The monoisotopic (exact) mass is 435 g/mol. The van der Waals surface area contributed by atoms with Crippen LogP contribution in [0.5, 0.6) is 0 Å². The third-order valence-corrected chi connectivity index (χ3v) is 5.71. The second-order valence-corrected chi connectivity index (χ2v) is 9.31. The summed E-state index contributed by atoms with van der Waals surface area (Å²) >= 11 is 0. The molecule has 0 aliphatic carbocycles. The molecule has 0 radical (unpaired) electrons. The van der Waals surface area contributed by atoms with Gasteiger partial charge in [0.2, 0.25) is 20.9 Å². The Kier molecular flexibility index (Phi) is 5.28. The zero-order valence-corrected chi connectivity index (χ0v) is 18.2. The number of amides is 1. The fourth-order valence-corrected chi connectivity index (χ4v) is 3.76. The number of hydrogen-bond acceptors (Lipinski definition) is 6. The van der Waals surface area contributed by atoms with E-state index in [1.165, 1.54) is 11.1 Å². The Balaban J connectivity index is 1.92. The van der Waals surface area contributed by atoms with Crippen molar-refractivity contribution in [3.8, 4) is 17.2 Å². The lowest BCUT2D eigenvalue weighted by Gasteiger charge is -2.14. The molecule has 0 saturated heterocycles. The summed E-state index contributed by atoms with van der Waals surface area (Å²) in [6.45, 7) is 0. The van der Waals surface area contributed by atoms with Crippen molar-refractivity contribution in [1.82, 2.24) is 24.4 Å². The molecule has 0 aliphatic rings. The molecule has 0 fully saturated rings. The van der Waals surface area contributed by atoms with E-state index in [0.717, 1.165) is 22.6 Å². The van der Waals surface area contributed by atoms with Gasteiger partial charge in [-0.1, -0.05) is 36.4 Å². The molecule has 0 atom stereocenters. The van der Waals surface area contributed by atoms with Gasteiger partial charge in [-0.05, 0) is 22.9 Å². The number of carbonyl (C=O) groups excluding carboxylic acids is 1. The summed E-state index contributed by atoms with van der Waals surface area (Å²) in [5.41, 5.74) is 1.42. The van der Waals surface area contributed by atoms with E-state index in [-0.39, 0.29) is 17.5 Å². The zero-order chi connectivity index (χ0) is 22.2. The number of sulfone groups is 1. The average Bonchev–Trinajstić information content (AvgIpc) is 3.16. The van der Waals surface area contributed by atoms with Gasteiger partial charge in [0.05, 0.1) is 12.1 Å². The van der Waals surface area contributed by atoms with Crippen molar-refractivity contribution in [3.05, 3.63) is 66.6 Å². The van der Waals surface area contributed by atoms with E-state index in [9.17, 15) is 13.2 Å². The Morgan fingerprint density at radius 1 is 1.03 bits per heavy atom. The van der Waals surface area contributed by atoms with E-state index < -0.39 is 9.84 Å². The quantitative estimate of drug-likeness (QED) is 0.447. The Morgan fingerprint density at radius 2 is 1.77 bits per heavy atom. The second-order valence-electron chi connectivity index (χ2n) is 7.41. The molecule has 8 nitrogen and oxygen atoms in total. The number of imidazole rings is 1. The molecule has 2 aromatic carbocycles. The predicted octanol–water partition coefficient (Wildman–Crippen LogP) is 2.52. The number of likely N-dealkylation sites (N-methyl/N-ethyl adjacent to an activating group) is 1. The van der Waals surface area contributed by atoms with Crippen LogP contribution in [0.15, 0.2) is 66.1 Å². The van der Waals surface area contributed by atoms with Crippen LogP contribution < -0.4 is 0 Å². The van der Waals surface area contributed by atoms with Crippen LogP contribution >= 0.6 is 0 Å². The van der Waals surface area contributed by atoms with Gasteiger partial charge in [-0.15, -0.1) is 0 Å². The lowest BCUT2D eigenvalue weighted by atomic mass is 10.1. The number of benzene rings is 2. The van der Waals surface area contributed by atoms with Crippen molar-refractivity contribution in [1.29, 1.82) is 0 Å². The SMILES string of the molecule is CN(C)C(=O)Cc1cnc(-c2ccc3ccccc3c2)n1-c1ccnc(S(C)(=O)=O)n1. The smallest absolute Gasteiger partial charge is 0.248 e. The first kappa shape index (κ1) is 20.7. The third-order valence-electron chi connectivity index (χ3n) is 4.85. The first-order valence-corrected chi connectivity index (χ1v) is 11.4. The maximum Gasteiger partial charge on any atom is 0.248 e. The molecule has 2 aromatic heterocycles. The highest BCUT2D eigenvalue weighted by Crippen LogP contribution is 2.27. The van der Waals surface area contributed by atoms with Crippen molar-refractivity contribution in [3.63, 3.8) is 0 Å². The molecular weight excluding hydrogens is 414 g/mol. The highest BCUT2D eigenvalue weighted by atomic mass is 32.2. The molecule has 0 aliphatic heterocycles. The summed E-state index contributed by atoms with van der Waals surface area (Å²) in [5, 5.41) is 1.85. The minimum Gasteiger partial charge on any atom is -0.348 e. The number of hydrogen-bond donors (Lipinski definition) is 0. The fourth-order valence-electron chi connectivity index (χ4n) is 3.25. The summed E-state index contributed by atoms with van der Waals surface area (Å²) in [5.74, 6) is 0.784. The molecule has 4 rings (SSSR count). The van der Waals surface area contributed by atoms with Gasteiger partial charge >= 0.3 is 0 Å². The Labute approximate surface area is 180 Å². The van der Waals surface area contributed by atoms with Crippen LogP contribution in [0.4, 0.5) is 0 Å². The highest BCUT2D eigenvalue weighted by Gasteiger charge is 2.20. The number of aromatic nitrogens is 4. The standard InChI is InChI=1S/C22H21N5O3S/c1-26(2)20(28)13-18-14-24-21(17-9-8-15-6-4-5-7-16(15)12-17)27(18)19-10-11-23-22(25-19)31(3,29)30/h4-12,14H,13H2,1-3H3. The molecule has 1 amide bonds. The van der Waals surface area contributed by atoms with Gasteiger partial charge in [0, 0.05) is 38.3 Å². The summed E-state index contributed by atoms with van der Waals surface area (Å²) in [6, 6.07) is 15.5. The van der Waals surface area contributed by atoms with E-state index >= 15 is 0 Å². The minimum absolute atomic E-state index is 0.0891. The van der Waals surface area contributed by atoms with E-state index in [1.54, 1.807) is 30.9 Å². The molecular formula is C22H21N5O3S. The van der Waals surface area contributed by atoms with Crippen LogP contribution in [0.1, 0.15) is 5.69 Å². The summed E-state index contributed by atoms with van der Waals surface area (Å²) in [7, 11) is -0.243. The average molecular weight is 436 g/mol. The zero-order valence-electron chi connectivity index (χ0n) is 17.3. The van der Waals surface area contributed by atoms with Gasteiger partial charge in [-0.3, -0.25) is 9.36 Å². The summed E-state index contributed by atoms with van der Waals surface area (Å²) < 4.78 is 25.7. The molecule has 31 heavy (non-hydrogen) atoms. The van der Waals surface area contributed by atoms with Crippen LogP contribution in [0.3, 0.4) is 0 Å². The van der Waals surface area contributed by atoms with E-state index in [2.05, 4.69) is 15.0 Å². The van der Waals surface area contributed by atoms with Gasteiger partial charge in [0.15, 0.2) is 0 Å². The number of nitrogens with zero attached hydrogens (tertiary/aromatic N) is 5. The van der Waals surface area contributed by atoms with Crippen molar-refractivity contribution in [2.75, 3.05) is 20.4 Å². The maximum absolute atomic E-state index is 12.4. The molecule has 158 valence electrons. The number of rotatable bonds is 5. The van der Waals surface area contributed by atoms with Gasteiger partial charge in [-0.25, -0.2) is 23.4 Å². The molecule has 2 heterocycles. The normalized spacial score (nSPS) is 11.6. The Morgan fingerprint density at radius 3 is 2.48 bits per heavy atom. The minimum atomic E-state index is -3.60. The molecule has 9 heteroatoms. The Bertz CT molecular complexity index is 1390. The highest BCUT2D eigenvalue weighted by molar-refractivity contribution is 7.90. The van der Waals surface area contributed by atoms with Crippen LogP contribution in [-0.4, -0.2) is 59.1 Å². The van der Waals surface area contributed by atoms with Gasteiger partial charge in [-0.2, -0.15) is 0 Å². The van der Waals surface area contributed by atoms with Crippen molar-refractivity contribution in [2.24, 2.45) is 0 Å². The van der Waals surface area contributed by atoms with Crippen LogP contribution in [-0.2, 0) is 21.1 Å². The first-order valence-electron chi connectivity index (χ1n) is 9.53. The van der Waals surface area contributed by atoms with Gasteiger partial charge < -0.3 is 4.90 Å². The largest absolute Gasteiger partial charge is 0.348 e. The van der Waals surface area contributed by atoms with E-state index in [0.29, 0.717) is 17.3 Å². The fraction of sp³-hybridized carbons (Fsp3) is 0.182. The van der Waals surface area contributed by atoms with Crippen LogP contribution in [0.25, 0.3) is 28.0 Å². The maximum atomic E-state index is 12.4. The molecule has 0 spiro atoms. The first-order chi connectivity index (χ1) is 14.7. The van der Waals surface area contributed by atoms with E-state index in [4.69, 9.17) is 0 Å². The van der Waals surface area contributed by atoms with Crippen molar-refractivity contribution < 1.29 is 13.2 Å². The second kappa shape index (κ2) is 7.92. The molecule has 0 saturated carbocycles. The number of fused-ring (bicyclic) bond motifs is 1. The van der Waals surface area contributed by atoms with Crippen LogP contribution in [0, 0.1) is 0 Å². The van der Waals surface area contributed by atoms with Crippen molar-refractivity contribution in [2.45, 2.75) is 11.6 Å². The molecule has 4 aromatic rings. The molecule has 0 N–H and O–H groups in total. The van der Waals surface area contributed by atoms with Crippen molar-refractivity contribution >= 4 is 26.5 Å². The summed E-state index contributed by atoms with van der Waals surface area (Å²) in [6.07, 6.45) is 4.15. The Hall–Kier alpha value is -3.59. The van der Waals surface area contributed by atoms with E-state index in [1.807, 2.05) is 42.5 Å². The third kappa shape index (κ3) is 4.17. The van der Waals surface area contributed by atoms with Crippen LogP contribution in [0.2, 0.25) is 0 Å². The molecule has 0 unspecified atom stereocenters. The molecule has 0 bridgehead atoms. The summed E-state index contributed by atoms with van der Waals surface area (Å²) in [4.78, 5) is 26.6.